The molecule has 0 spiro atoms. The number of nitrogens with one attached hydrogen (secondary N) is 3. The predicted octanol–water partition coefficient (Wildman–Crippen LogP) is 1.95. The maximum Gasteiger partial charge on any atom is 0.433 e. The fourth-order valence-electron chi connectivity index (χ4n) is 4.00. The Morgan fingerprint density at radius 1 is 1.22 bits per heavy atom. The van der Waals surface area contributed by atoms with E-state index in [4.69, 9.17) is 20.0 Å². The summed E-state index contributed by atoms with van der Waals surface area (Å²) in [7, 11) is 0. The van der Waals surface area contributed by atoms with Crippen LogP contribution in [0.25, 0.3) is 0 Å². The summed E-state index contributed by atoms with van der Waals surface area (Å²) in [4.78, 5) is 27.0. The summed E-state index contributed by atoms with van der Waals surface area (Å²) >= 11 is 0. The van der Waals surface area contributed by atoms with Crippen LogP contribution in [0.4, 0.5) is 13.2 Å². The molecule has 2 heterocycles. The molecule has 0 bridgehead atoms. The standard InChI is InChI=1S/C24H31F3N4O5/c1-15(4-9-18-14-35-12-10-31(18)22(33)19-3-2-11-36-19)13-29-21(32)17-7-5-16(6-8-17)20(28)30-23(34)24(25,26)27/h5-8,18-19,23,34H,1-4,9-14H2,(H2,28,30)(H,29,32). The Kier molecular flexibility index (Phi) is 9.46. The molecule has 3 rings (SSSR count). The minimum atomic E-state index is -4.91. The molecule has 0 aliphatic carbocycles. The van der Waals surface area contributed by atoms with E-state index in [-0.39, 0.29) is 35.7 Å². The summed E-state index contributed by atoms with van der Waals surface area (Å²) in [6, 6.07) is 5.28. The highest BCUT2D eigenvalue weighted by atomic mass is 19.4. The second kappa shape index (κ2) is 12.3. The smallest absolute Gasteiger partial charge is 0.377 e. The third-order valence-electron chi connectivity index (χ3n) is 6.07. The van der Waals surface area contributed by atoms with Crippen molar-refractivity contribution in [3.8, 4) is 0 Å². The number of ether oxygens (including phenoxy) is 2. The largest absolute Gasteiger partial charge is 0.433 e. The molecule has 1 aromatic rings. The molecular formula is C24H31F3N4O5. The van der Waals surface area contributed by atoms with Crippen LogP contribution in [-0.2, 0) is 14.3 Å². The lowest BCUT2D eigenvalue weighted by Crippen LogP contribution is -2.52. The topological polar surface area (TPSA) is 124 Å². The van der Waals surface area contributed by atoms with Gasteiger partial charge in [-0.15, -0.1) is 0 Å². The Morgan fingerprint density at radius 3 is 2.56 bits per heavy atom. The molecule has 2 aliphatic heterocycles. The van der Waals surface area contributed by atoms with E-state index in [0.717, 1.165) is 18.4 Å². The van der Waals surface area contributed by atoms with Gasteiger partial charge in [-0.3, -0.25) is 15.0 Å². The van der Waals surface area contributed by atoms with Crippen LogP contribution in [0.1, 0.15) is 41.6 Å². The van der Waals surface area contributed by atoms with E-state index in [0.29, 0.717) is 39.2 Å². The number of carbonyl (C=O) groups excluding carboxylic acids is 2. The third kappa shape index (κ3) is 7.52. The highest BCUT2D eigenvalue weighted by molar-refractivity contribution is 5.99. The van der Waals surface area contributed by atoms with Crippen LogP contribution < -0.4 is 10.6 Å². The Hall–Kier alpha value is -2.96. The number of amidine groups is 1. The zero-order valence-corrected chi connectivity index (χ0v) is 19.8. The number of hydrogen-bond acceptors (Lipinski definition) is 6. The quantitative estimate of drug-likeness (QED) is 0.174. The van der Waals surface area contributed by atoms with Gasteiger partial charge in [0.2, 0.25) is 6.23 Å². The third-order valence-corrected chi connectivity index (χ3v) is 6.07. The lowest BCUT2D eigenvalue weighted by Gasteiger charge is -2.37. The first-order valence-corrected chi connectivity index (χ1v) is 11.7. The van der Waals surface area contributed by atoms with Gasteiger partial charge < -0.3 is 30.1 Å². The highest BCUT2D eigenvalue weighted by Gasteiger charge is 2.39. The van der Waals surface area contributed by atoms with Gasteiger partial charge in [0.1, 0.15) is 11.9 Å². The fourth-order valence-corrected chi connectivity index (χ4v) is 4.00. The summed E-state index contributed by atoms with van der Waals surface area (Å²) < 4.78 is 48.4. The molecule has 0 aromatic heterocycles. The number of aliphatic hydroxyl groups is 1. The predicted molar refractivity (Wildman–Crippen MR) is 124 cm³/mol. The molecule has 36 heavy (non-hydrogen) atoms. The minimum Gasteiger partial charge on any atom is -0.377 e. The zero-order valence-electron chi connectivity index (χ0n) is 19.8. The van der Waals surface area contributed by atoms with E-state index >= 15 is 0 Å². The molecule has 2 amide bonds. The Morgan fingerprint density at radius 2 is 1.92 bits per heavy atom. The molecule has 4 N–H and O–H groups in total. The van der Waals surface area contributed by atoms with E-state index in [1.54, 1.807) is 5.32 Å². The van der Waals surface area contributed by atoms with Crippen molar-refractivity contribution in [2.75, 3.05) is 32.9 Å². The van der Waals surface area contributed by atoms with E-state index < -0.39 is 24.1 Å². The molecule has 2 fully saturated rings. The van der Waals surface area contributed by atoms with Crippen molar-refractivity contribution < 1.29 is 37.3 Å². The molecule has 3 unspecified atom stereocenters. The van der Waals surface area contributed by atoms with Gasteiger partial charge in [0.05, 0.1) is 19.3 Å². The molecule has 9 nitrogen and oxygen atoms in total. The minimum absolute atomic E-state index is 0.000593. The number of morpholine rings is 1. The highest BCUT2D eigenvalue weighted by Crippen LogP contribution is 2.21. The average Bonchev–Trinajstić information content (AvgIpc) is 3.40. The van der Waals surface area contributed by atoms with Gasteiger partial charge in [-0.2, -0.15) is 13.2 Å². The van der Waals surface area contributed by atoms with Gasteiger partial charge >= 0.3 is 6.18 Å². The van der Waals surface area contributed by atoms with E-state index in [9.17, 15) is 22.8 Å². The van der Waals surface area contributed by atoms with Crippen molar-refractivity contribution in [3.05, 3.63) is 47.5 Å². The summed E-state index contributed by atoms with van der Waals surface area (Å²) in [6.45, 7) is 6.26. The zero-order chi connectivity index (χ0) is 26.3. The van der Waals surface area contributed by atoms with E-state index in [1.807, 2.05) is 4.90 Å². The van der Waals surface area contributed by atoms with Crippen LogP contribution in [0, 0.1) is 5.41 Å². The monoisotopic (exact) mass is 512 g/mol. The van der Waals surface area contributed by atoms with Crippen molar-refractivity contribution in [2.24, 2.45) is 0 Å². The first-order valence-electron chi connectivity index (χ1n) is 11.7. The van der Waals surface area contributed by atoms with Gasteiger partial charge in [0.25, 0.3) is 11.8 Å². The maximum atomic E-state index is 12.8. The molecular weight excluding hydrogens is 481 g/mol. The van der Waals surface area contributed by atoms with E-state index in [2.05, 4.69) is 11.9 Å². The summed E-state index contributed by atoms with van der Waals surface area (Å²) in [5.74, 6) is -1.04. The molecule has 12 heteroatoms. The van der Waals surface area contributed by atoms with Gasteiger partial charge in [-0.25, -0.2) is 0 Å². The lowest BCUT2D eigenvalue weighted by molar-refractivity contribution is -0.208. The molecule has 1 aromatic carbocycles. The molecule has 0 saturated carbocycles. The lowest BCUT2D eigenvalue weighted by atomic mass is 10.0. The summed E-state index contributed by atoms with van der Waals surface area (Å²) in [6.07, 6.45) is -5.32. The first-order chi connectivity index (χ1) is 17.1. The van der Waals surface area contributed by atoms with Gasteiger partial charge in [0.15, 0.2) is 0 Å². The van der Waals surface area contributed by atoms with Gasteiger partial charge in [-0.05, 0) is 37.8 Å². The van der Waals surface area contributed by atoms with Crippen molar-refractivity contribution >= 4 is 17.6 Å². The normalized spacial score (nSPS) is 21.1. The number of alkyl halides is 3. The summed E-state index contributed by atoms with van der Waals surface area (Å²) in [5, 5.41) is 21.1. The van der Waals surface area contributed by atoms with Crippen molar-refractivity contribution in [2.45, 2.75) is 50.2 Å². The Bertz CT molecular complexity index is 948. The molecule has 0 radical (unpaired) electrons. The van der Waals surface area contributed by atoms with Crippen LogP contribution in [-0.4, -0.2) is 85.1 Å². The first kappa shape index (κ1) is 27.6. The average molecular weight is 513 g/mol. The molecule has 198 valence electrons. The van der Waals surface area contributed by atoms with Crippen molar-refractivity contribution in [1.29, 1.82) is 5.41 Å². The number of hydrogen-bond donors (Lipinski definition) is 4. The van der Waals surface area contributed by atoms with Crippen LogP contribution in [0.2, 0.25) is 0 Å². The second-order valence-corrected chi connectivity index (χ2v) is 8.77. The molecule has 3 atom stereocenters. The second-order valence-electron chi connectivity index (χ2n) is 8.77. The number of nitrogens with zero attached hydrogens (tertiary/aromatic N) is 1. The Labute approximate surface area is 207 Å². The van der Waals surface area contributed by atoms with Crippen molar-refractivity contribution in [3.63, 3.8) is 0 Å². The number of halogens is 3. The molecule has 2 aliphatic rings. The number of aliphatic hydroxyl groups excluding tert-OH is 1. The molecule has 2 saturated heterocycles. The van der Waals surface area contributed by atoms with Crippen LogP contribution >= 0.6 is 0 Å². The van der Waals surface area contributed by atoms with Gasteiger partial charge in [-0.1, -0.05) is 24.3 Å². The maximum absolute atomic E-state index is 12.8. The van der Waals surface area contributed by atoms with Crippen LogP contribution in [0.5, 0.6) is 0 Å². The van der Waals surface area contributed by atoms with Crippen LogP contribution in [0.15, 0.2) is 36.4 Å². The summed E-state index contributed by atoms with van der Waals surface area (Å²) in [5.41, 5.74) is 1.10. The van der Waals surface area contributed by atoms with E-state index in [1.165, 1.54) is 24.3 Å². The number of benzene rings is 1. The van der Waals surface area contributed by atoms with Crippen molar-refractivity contribution in [1.82, 2.24) is 15.5 Å². The van der Waals surface area contributed by atoms with Gasteiger partial charge in [0, 0.05) is 30.8 Å². The number of rotatable bonds is 9. The fraction of sp³-hybridized carbons (Fsp3) is 0.542. The van der Waals surface area contributed by atoms with Crippen LogP contribution in [0.3, 0.4) is 0 Å². The Balaban J connectivity index is 1.44. The number of carbonyl (C=O) groups is 2. The SMILES string of the molecule is C=C(CCC1COCCN1C(=O)C1CCCO1)CNC(=O)c1ccc(C(=N)NC(O)C(F)(F)F)cc1. The number of amides is 2.